The van der Waals surface area contributed by atoms with Crippen LogP contribution in [0.25, 0.3) is 0 Å². The van der Waals surface area contributed by atoms with E-state index in [9.17, 15) is 4.79 Å². The van der Waals surface area contributed by atoms with Gasteiger partial charge in [0.05, 0.1) is 6.04 Å². The molecule has 0 aromatic carbocycles. The Hall–Kier alpha value is -0.570. The number of hydrogen-bond acceptors (Lipinski definition) is 2. The van der Waals surface area contributed by atoms with Gasteiger partial charge in [-0.25, -0.2) is 0 Å². The highest BCUT2D eigenvalue weighted by atomic mass is 16.1. The predicted molar refractivity (Wildman–Crippen MR) is 78.5 cm³/mol. The molecule has 1 amide bonds. The van der Waals surface area contributed by atoms with Crippen LogP contribution in [-0.2, 0) is 4.79 Å². The molecule has 0 aromatic rings. The molecule has 0 spiro atoms. The van der Waals surface area contributed by atoms with E-state index >= 15 is 0 Å². The molecule has 0 bridgehead atoms. The minimum Gasteiger partial charge on any atom is -0.368 e. The third kappa shape index (κ3) is 11.9. The third-order valence-electron chi connectivity index (χ3n) is 3.41. The predicted octanol–water partition coefficient (Wildman–Crippen LogP) is 3.37. The van der Waals surface area contributed by atoms with Crippen molar-refractivity contribution in [3.63, 3.8) is 0 Å². The smallest absolute Gasteiger partial charge is 0.234 e. The molecule has 0 saturated heterocycles. The van der Waals surface area contributed by atoms with E-state index in [1.54, 1.807) is 0 Å². The van der Waals surface area contributed by atoms with Gasteiger partial charge in [-0.2, -0.15) is 0 Å². The zero-order valence-corrected chi connectivity index (χ0v) is 12.3. The Bertz CT molecular complexity index is 195. The molecule has 0 aliphatic carbocycles. The van der Waals surface area contributed by atoms with Crippen molar-refractivity contribution in [2.75, 3.05) is 6.54 Å². The molecule has 3 N–H and O–H groups in total. The fourth-order valence-corrected chi connectivity index (χ4v) is 2.03. The van der Waals surface area contributed by atoms with E-state index in [2.05, 4.69) is 12.2 Å². The molecule has 0 heterocycles. The Balaban J connectivity index is 3.05. The molecule has 0 aliphatic rings. The molecule has 0 saturated carbocycles. The van der Waals surface area contributed by atoms with Crippen molar-refractivity contribution in [3.05, 3.63) is 0 Å². The Morgan fingerprint density at radius 3 is 1.83 bits per heavy atom. The molecule has 1 atom stereocenters. The van der Waals surface area contributed by atoms with Gasteiger partial charge in [0.2, 0.25) is 5.91 Å². The van der Waals surface area contributed by atoms with E-state index in [4.69, 9.17) is 5.73 Å². The topological polar surface area (TPSA) is 55.1 Å². The highest BCUT2D eigenvalue weighted by Gasteiger charge is 2.05. The maximum atomic E-state index is 10.8. The number of nitrogens with one attached hydrogen (secondary N) is 1. The van der Waals surface area contributed by atoms with Gasteiger partial charge in [0.1, 0.15) is 0 Å². The van der Waals surface area contributed by atoms with Gasteiger partial charge in [-0.1, -0.05) is 64.7 Å². The average Bonchev–Trinajstić information content (AvgIpc) is 2.35. The van der Waals surface area contributed by atoms with Crippen LogP contribution in [0.3, 0.4) is 0 Å². The fraction of sp³-hybridized carbons (Fsp3) is 0.933. The van der Waals surface area contributed by atoms with Gasteiger partial charge in [-0.05, 0) is 19.9 Å². The van der Waals surface area contributed by atoms with E-state index in [1.807, 2.05) is 6.92 Å². The molecule has 108 valence electrons. The van der Waals surface area contributed by atoms with Gasteiger partial charge in [0, 0.05) is 0 Å². The second-order valence-corrected chi connectivity index (χ2v) is 5.26. The Morgan fingerprint density at radius 1 is 0.944 bits per heavy atom. The number of carbonyl (C=O) groups is 1. The van der Waals surface area contributed by atoms with Crippen LogP contribution in [0.1, 0.15) is 78.1 Å². The van der Waals surface area contributed by atoms with Crippen molar-refractivity contribution in [1.29, 1.82) is 0 Å². The van der Waals surface area contributed by atoms with Crippen molar-refractivity contribution in [1.82, 2.24) is 5.32 Å². The SMILES string of the molecule is CCCCCCCCCCCCNC(C)C(N)=O. The fourth-order valence-electron chi connectivity index (χ4n) is 2.03. The summed E-state index contributed by atoms with van der Waals surface area (Å²) in [6.45, 7) is 4.98. The number of primary amides is 1. The third-order valence-corrected chi connectivity index (χ3v) is 3.41. The van der Waals surface area contributed by atoms with Crippen molar-refractivity contribution >= 4 is 5.91 Å². The number of amides is 1. The second-order valence-electron chi connectivity index (χ2n) is 5.26. The Kier molecular flexibility index (Phi) is 12.5. The van der Waals surface area contributed by atoms with Crippen LogP contribution in [0, 0.1) is 0 Å². The molecular formula is C15H32N2O. The normalized spacial score (nSPS) is 12.6. The number of unbranched alkanes of at least 4 members (excludes halogenated alkanes) is 9. The van der Waals surface area contributed by atoms with Crippen LogP contribution in [0.15, 0.2) is 0 Å². The van der Waals surface area contributed by atoms with Crippen molar-refractivity contribution in [3.8, 4) is 0 Å². The molecule has 1 unspecified atom stereocenters. The zero-order chi connectivity index (χ0) is 13.6. The summed E-state index contributed by atoms with van der Waals surface area (Å²) < 4.78 is 0. The van der Waals surface area contributed by atoms with Crippen LogP contribution in [0.4, 0.5) is 0 Å². The first-order valence-corrected chi connectivity index (χ1v) is 7.71. The number of nitrogens with two attached hydrogens (primary N) is 1. The van der Waals surface area contributed by atoms with Crippen molar-refractivity contribution in [2.24, 2.45) is 5.73 Å². The molecule has 0 rings (SSSR count). The minimum absolute atomic E-state index is 0.191. The van der Waals surface area contributed by atoms with Crippen LogP contribution in [-0.4, -0.2) is 18.5 Å². The standard InChI is InChI=1S/C15H32N2O/c1-3-4-5-6-7-8-9-10-11-12-13-17-14(2)15(16)18/h14,17H,3-13H2,1-2H3,(H2,16,18). The second kappa shape index (κ2) is 12.9. The minimum atomic E-state index is -0.262. The van der Waals surface area contributed by atoms with Gasteiger partial charge in [0.15, 0.2) is 0 Å². The van der Waals surface area contributed by atoms with Gasteiger partial charge >= 0.3 is 0 Å². The summed E-state index contributed by atoms with van der Waals surface area (Å²) >= 11 is 0. The van der Waals surface area contributed by atoms with Gasteiger partial charge < -0.3 is 11.1 Å². The maximum absolute atomic E-state index is 10.8. The summed E-state index contributed by atoms with van der Waals surface area (Å²) in [5.41, 5.74) is 5.16. The van der Waals surface area contributed by atoms with Gasteiger partial charge in [0.25, 0.3) is 0 Å². The van der Waals surface area contributed by atoms with Crippen molar-refractivity contribution in [2.45, 2.75) is 84.1 Å². The van der Waals surface area contributed by atoms with Crippen molar-refractivity contribution < 1.29 is 4.79 Å². The quantitative estimate of drug-likeness (QED) is 0.496. The summed E-state index contributed by atoms with van der Waals surface area (Å²) in [6.07, 6.45) is 13.4. The van der Waals surface area contributed by atoms with Gasteiger partial charge in [-0.15, -0.1) is 0 Å². The molecule has 0 radical (unpaired) electrons. The lowest BCUT2D eigenvalue weighted by Crippen LogP contribution is -2.39. The summed E-state index contributed by atoms with van der Waals surface area (Å²) in [6, 6.07) is -0.191. The largest absolute Gasteiger partial charge is 0.368 e. The summed E-state index contributed by atoms with van der Waals surface area (Å²) in [5, 5.41) is 3.13. The molecule has 0 fully saturated rings. The van der Waals surface area contributed by atoms with E-state index in [-0.39, 0.29) is 11.9 Å². The Labute approximate surface area is 113 Å². The highest BCUT2D eigenvalue weighted by Crippen LogP contribution is 2.10. The van der Waals surface area contributed by atoms with E-state index < -0.39 is 0 Å². The molecule has 3 nitrogen and oxygen atoms in total. The molecule has 3 heteroatoms. The molecule has 0 aromatic heterocycles. The first-order valence-electron chi connectivity index (χ1n) is 7.71. The number of carbonyl (C=O) groups excluding carboxylic acids is 1. The van der Waals surface area contributed by atoms with Crippen LogP contribution in [0.2, 0.25) is 0 Å². The lowest BCUT2D eigenvalue weighted by atomic mass is 10.1. The van der Waals surface area contributed by atoms with E-state index in [0.717, 1.165) is 13.0 Å². The lowest BCUT2D eigenvalue weighted by molar-refractivity contribution is -0.119. The molecule has 18 heavy (non-hydrogen) atoms. The first kappa shape index (κ1) is 17.4. The van der Waals surface area contributed by atoms with E-state index in [1.165, 1.54) is 57.8 Å². The van der Waals surface area contributed by atoms with Crippen LogP contribution in [0.5, 0.6) is 0 Å². The van der Waals surface area contributed by atoms with E-state index in [0.29, 0.717) is 0 Å². The van der Waals surface area contributed by atoms with Crippen LogP contribution >= 0.6 is 0 Å². The van der Waals surface area contributed by atoms with Gasteiger partial charge in [-0.3, -0.25) is 4.79 Å². The monoisotopic (exact) mass is 256 g/mol. The summed E-state index contributed by atoms with van der Waals surface area (Å²) in [5.74, 6) is -0.262. The average molecular weight is 256 g/mol. The molecular weight excluding hydrogens is 224 g/mol. The molecule has 0 aliphatic heterocycles. The van der Waals surface area contributed by atoms with Crippen LogP contribution < -0.4 is 11.1 Å². The highest BCUT2D eigenvalue weighted by molar-refractivity contribution is 5.79. The summed E-state index contributed by atoms with van der Waals surface area (Å²) in [4.78, 5) is 10.8. The maximum Gasteiger partial charge on any atom is 0.234 e. The number of rotatable bonds is 13. The number of hydrogen-bond donors (Lipinski definition) is 2. The lowest BCUT2D eigenvalue weighted by Gasteiger charge is -2.09. The zero-order valence-electron chi connectivity index (χ0n) is 12.3. The summed E-state index contributed by atoms with van der Waals surface area (Å²) in [7, 11) is 0. The Morgan fingerprint density at radius 2 is 1.39 bits per heavy atom. The first-order chi connectivity index (χ1) is 8.68.